The van der Waals surface area contributed by atoms with Gasteiger partial charge in [0.15, 0.2) is 5.69 Å². The predicted molar refractivity (Wildman–Crippen MR) is 101 cm³/mol. The highest BCUT2D eigenvalue weighted by Crippen LogP contribution is 2.39. The number of anilines is 1. The minimum atomic E-state index is -0.712. The molecule has 2 N–H and O–H groups in total. The Morgan fingerprint density at radius 1 is 1.14 bits per heavy atom. The van der Waals surface area contributed by atoms with E-state index in [-0.39, 0.29) is 23.4 Å². The molecule has 0 unspecified atom stereocenters. The van der Waals surface area contributed by atoms with Crippen LogP contribution in [-0.2, 0) is 13.2 Å². The topological polar surface area (TPSA) is 136 Å². The van der Waals surface area contributed by atoms with Gasteiger partial charge >= 0.3 is 5.69 Å². The molecule has 0 aliphatic heterocycles. The number of hydrogen-bond acceptors (Lipinski definition) is 7. The summed E-state index contributed by atoms with van der Waals surface area (Å²) < 4.78 is 1.64. The van der Waals surface area contributed by atoms with E-state index in [0.29, 0.717) is 5.69 Å². The van der Waals surface area contributed by atoms with Crippen molar-refractivity contribution in [2.24, 2.45) is 0 Å². The number of para-hydroxylation sites is 1. The number of nitrogens with one attached hydrogen (secondary N) is 1. The fourth-order valence-corrected chi connectivity index (χ4v) is 2.88. The Kier molecular flexibility index (Phi) is 5.32. The van der Waals surface area contributed by atoms with Gasteiger partial charge in [0, 0.05) is 17.8 Å². The quantitative estimate of drug-likeness (QED) is 0.472. The summed E-state index contributed by atoms with van der Waals surface area (Å²) in [5.41, 5.74) is 0.599. The Hall–Kier alpha value is -3.79. The van der Waals surface area contributed by atoms with Crippen LogP contribution in [0.15, 0.2) is 48.7 Å². The van der Waals surface area contributed by atoms with Crippen LogP contribution in [0.25, 0.3) is 5.69 Å². The second-order valence-electron chi connectivity index (χ2n) is 6.02. The zero-order valence-electron chi connectivity index (χ0n) is 14.9. The van der Waals surface area contributed by atoms with Crippen LogP contribution in [0, 0.1) is 27.2 Å². The number of aliphatic hydroxyl groups excluding tert-OH is 1. The average molecular weight is 383 g/mol. The zero-order valence-corrected chi connectivity index (χ0v) is 14.9. The van der Waals surface area contributed by atoms with Gasteiger partial charge in [-0.25, -0.2) is 4.68 Å². The summed E-state index contributed by atoms with van der Waals surface area (Å²) >= 11 is 0. The van der Waals surface area contributed by atoms with Crippen molar-refractivity contribution < 1.29 is 15.0 Å². The molecule has 1 aromatic heterocycles. The maximum atomic E-state index is 11.5. The highest BCUT2D eigenvalue weighted by Gasteiger charge is 2.30. The maximum absolute atomic E-state index is 11.5. The molecule has 0 spiro atoms. The third-order valence-electron chi connectivity index (χ3n) is 4.30. The van der Waals surface area contributed by atoms with Crippen molar-refractivity contribution in [2.75, 3.05) is 5.32 Å². The van der Waals surface area contributed by atoms with Gasteiger partial charge in [-0.2, -0.15) is 5.10 Å². The highest BCUT2D eigenvalue weighted by atomic mass is 16.6. The van der Waals surface area contributed by atoms with Crippen molar-refractivity contribution in [3.05, 3.63) is 85.7 Å². The lowest BCUT2D eigenvalue weighted by Gasteiger charge is -2.11. The third kappa shape index (κ3) is 3.67. The monoisotopic (exact) mass is 383 g/mol. The normalized spacial score (nSPS) is 10.6. The number of nitrogens with zero attached hydrogens (tertiary/aromatic N) is 4. The summed E-state index contributed by atoms with van der Waals surface area (Å²) in [5, 5.41) is 39.5. The van der Waals surface area contributed by atoms with Crippen LogP contribution in [0.5, 0.6) is 0 Å². The van der Waals surface area contributed by atoms with Crippen molar-refractivity contribution in [1.82, 2.24) is 9.78 Å². The zero-order chi connectivity index (χ0) is 20.3. The summed E-state index contributed by atoms with van der Waals surface area (Å²) in [5.74, 6) is 0. The molecule has 0 fully saturated rings. The number of aliphatic hydroxyl groups is 1. The highest BCUT2D eigenvalue weighted by molar-refractivity contribution is 5.77. The average Bonchev–Trinajstić information content (AvgIpc) is 3.15. The molecular formula is C18H17N5O5. The summed E-state index contributed by atoms with van der Waals surface area (Å²) in [6.07, 6.45) is 1.73. The Morgan fingerprint density at radius 2 is 1.86 bits per heavy atom. The fourth-order valence-electron chi connectivity index (χ4n) is 2.88. The molecule has 10 nitrogen and oxygen atoms in total. The first-order valence-corrected chi connectivity index (χ1v) is 8.32. The Morgan fingerprint density at radius 3 is 2.46 bits per heavy atom. The van der Waals surface area contributed by atoms with E-state index in [9.17, 15) is 25.3 Å². The second kappa shape index (κ2) is 7.84. The van der Waals surface area contributed by atoms with Gasteiger partial charge < -0.3 is 10.4 Å². The molecular weight excluding hydrogens is 366 g/mol. The molecule has 3 rings (SSSR count). The van der Waals surface area contributed by atoms with Crippen LogP contribution < -0.4 is 5.32 Å². The van der Waals surface area contributed by atoms with Crippen LogP contribution >= 0.6 is 0 Å². The van der Waals surface area contributed by atoms with Crippen LogP contribution in [0.1, 0.15) is 16.8 Å². The van der Waals surface area contributed by atoms with Crippen molar-refractivity contribution in [1.29, 1.82) is 0 Å². The SMILES string of the molecule is Cc1c(CO)cc([N+](=O)[O-])c(NCc2ccn(-c3ccccc3)n2)c1[N+](=O)[O-]. The minimum Gasteiger partial charge on any atom is -0.392 e. The van der Waals surface area contributed by atoms with E-state index in [4.69, 9.17) is 0 Å². The van der Waals surface area contributed by atoms with Crippen LogP contribution in [0.4, 0.5) is 17.1 Å². The molecule has 0 saturated heterocycles. The molecule has 0 amide bonds. The van der Waals surface area contributed by atoms with Crippen molar-refractivity contribution in [2.45, 2.75) is 20.1 Å². The van der Waals surface area contributed by atoms with E-state index in [0.717, 1.165) is 11.8 Å². The minimum absolute atomic E-state index is 0.0550. The molecule has 0 aliphatic carbocycles. The molecule has 0 aliphatic rings. The summed E-state index contributed by atoms with van der Waals surface area (Å²) in [7, 11) is 0. The first kappa shape index (κ1) is 19.0. The van der Waals surface area contributed by atoms with Gasteiger partial charge in [0.1, 0.15) is 0 Å². The third-order valence-corrected chi connectivity index (χ3v) is 4.30. The van der Waals surface area contributed by atoms with E-state index in [1.54, 1.807) is 16.9 Å². The summed E-state index contributed by atoms with van der Waals surface area (Å²) in [4.78, 5) is 21.5. The smallest absolute Gasteiger partial charge is 0.302 e. The van der Waals surface area contributed by atoms with Crippen LogP contribution in [-0.4, -0.2) is 24.7 Å². The molecule has 3 aromatic rings. The van der Waals surface area contributed by atoms with E-state index in [1.165, 1.54) is 6.92 Å². The number of rotatable bonds is 7. The van der Waals surface area contributed by atoms with Gasteiger partial charge in [0.05, 0.1) is 34.4 Å². The maximum Gasteiger partial charge on any atom is 0.302 e. The largest absolute Gasteiger partial charge is 0.392 e. The second-order valence-corrected chi connectivity index (χ2v) is 6.02. The molecule has 0 bridgehead atoms. The van der Waals surface area contributed by atoms with Gasteiger partial charge in [-0.3, -0.25) is 20.2 Å². The number of nitro groups is 2. The van der Waals surface area contributed by atoms with E-state index >= 15 is 0 Å². The van der Waals surface area contributed by atoms with Gasteiger partial charge in [-0.05, 0) is 30.7 Å². The molecule has 10 heteroatoms. The Balaban J connectivity index is 1.94. The van der Waals surface area contributed by atoms with Crippen LogP contribution in [0.3, 0.4) is 0 Å². The lowest BCUT2D eigenvalue weighted by Crippen LogP contribution is -2.09. The van der Waals surface area contributed by atoms with Crippen molar-refractivity contribution in [3.63, 3.8) is 0 Å². The summed E-state index contributed by atoms with van der Waals surface area (Å²) in [6, 6.07) is 12.2. The molecule has 2 aromatic carbocycles. The molecule has 1 heterocycles. The lowest BCUT2D eigenvalue weighted by atomic mass is 10.0. The molecule has 0 radical (unpaired) electrons. The van der Waals surface area contributed by atoms with Gasteiger partial charge in [-0.1, -0.05) is 18.2 Å². The number of aromatic nitrogens is 2. The van der Waals surface area contributed by atoms with E-state index in [2.05, 4.69) is 10.4 Å². The molecule has 28 heavy (non-hydrogen) atoms. The van der Waals surface area contributed by atoms with E-state index < -0.39 is 27.8 Å². The molecule has 144 valence electrons. The van der Waals surface area contributed by atoms with Crippen LogP contribution in [0.2, 0.25) is 0 Å². The first-order chi connectivity index (χ1) is 13.4. The molecule has 0 atom stereocenters. The number of hydrogen-bond donors (Lipinski definition) is 2. The number of nitro benzene ring substituents is 2. The standard InChI is InChI=1S/C18H17N5O5/c1-12-13(11-24)9-16(22(25)26)17(18(12)23(27)28)19-10-14-7-8-21(20-14)15-5-3-2-4-6-15/h2-9,19,24H,10-11H2,1H3. The fraction of sp³-hybridized carbons (Fsp3) is 0.167. The Bertz CT molecular complexity index is 1030. The van der Waals surface area contributed by atoms with Crippen molar-refractivity contribution in [3.8, 4) is 5.69 Å². The van der Waals surface area contributed by atoms with Gasteiger partial charge in [-0.15, -0.1) is 0 Å². The Labute approximate surface area is 159 Å². The summed E-state index contributed by atoms with van der Waals surface area (Å²) in [6.45, 7) is 0.970. The number of benzene rings is 2. The predicted octanol–water partition coefficient (Wildman–Crippen LogP) is 3.10. The van der Waals surface area contributed by atoms with Gasteiger partial charge in [0.25, 0.3) is 5.69 Å². The molecule has 0 saturated carbocycles. The lowest BCUT2D eigenvalue weighted by molar-refractivity contribution is -0.392. The van der Waals surface area contributed by atoms with E-state index in [1.807, 2.05) is 30.3 Å². The first-order valence-electron chi connectivity index (χ1n) is 8.32. The van der Waals surface area contributed by atoms with Crippen molar-refractivity contribution >= 4 is 17.1 Å². The van der Waals surface area contributed by atoms with Gasteiger partial charge in [0.2, 0.25) is 0 Å².